The van der Waals surface area contributed by atoms with Crippen LogP contribution >= 0.6 is 0 Å². The van der Waals surface area contributed by atoms with Crippen molar-refractivity contribution in [3.05, 3.63) is 0 Å². The predicted molar refractivity (Wildman–Crippen MR) is 53.4 cm³/mol. The van der Waals surface area contributed by atoms with Crippen LogP contribution in [-0.4, -0.2) is 37.0 Å². The summed E-state index contributed by atoms with van der Waals surface area (Å²) >= 11 is 0. The molecule has 13 heavy (non-hydrogen) atoms. The number of aliphatic hydroxyl groups excluding tert-OH is 1. The number of ether oxygens (including phenoxy) is 1. The van der Waals surface area contributed by atoms with Gasteiger partial charge in [-0.15, -0.1) is 6.42 Å². The Morgan fingerprint density at radius 3 is 2.69 bits per heavy atom. The topological polar surface area (TPSA) is 41.5 Å². The second-order valence-corrected chi connectivity index (χ2v) is 2.85. The van der Waals surface area contributed by atoms with Gasteiger partial charge in [0.15, 0.2) is 0 Å². The molecule has 0 saturated heterocycles. The lowest BCUT2D eigenvalue weighted by Crippen LogP contribution is -2.36. The molecule has 0 spiro atoms. The molecular weight excluding hydrogens is 166 g/mol. The molecule has 76 valence electrons. The van der Waals surface area contributed by atoms with E-state index in [9.17, 15) is 5.11 Å². The molecule has 2 atom stereocenters. The molecule has 0 saturated carbocycles. The Hall–Kier alpha value is -0.560. The molecule has 0 aliphatic rings. The van der Waals surface area contributed by atoms with Crippen molar-refractivity contribution in [3.63, 3.8) is 0 Å². The molecule has 0 bridgehead atoms. The highest BCUT2D eigenvalue weighted by Crippen LogP contribution is 1.89. The van der Waals surface area contributed by atoms with Gasteiger partial charge in [0.1, 0.15) is 0 Å². The highest BCUT2D eigenvalue weighted by atomic mass is 16.5. The molecule has 0 heterocycles. The largest absolute Gasteiger partial charge is 0.389 e. The second kappa shape index (κ2) is 8.06. The SMILES string of the molecule is C#CC(CC)NCC(O)COCC. The van der Waals surface area contributed by atoms with E-state index in [0.717, 1.165) is 6.42 Å². The van der Waals surface area contributed by atoms with Gasteiger partial charge in [-0.1, -0.05) is 12.8 Å². The number of hydrogen-bond acceptors (Lipinski definition) is 3. The fourth-order valence-electron chi connectivity index (χ4n) is 0.912. The Balaban J connectivity index is 3.45. The van der Waals surface area contributed by atoms with Gasteiger partial charge in [0.25, 0.3) is 0 Å². The third-order valence-electron chi connectivity index (χ3n) is 1.72. The minimum Gasteiger partial charge on any atom is -0.389 e. The minimum atomic E-state index is -0.470. The molecule has 3 nitrogen and oxygen atoms in total. The monoisotopic (exact) mass is 185 g/mol. The van der Waals surface area contributed by atoms with Crippen molar-refractivity contribution in [1.82, 2.24) is 5.32 Å². The smallest absolute Gasteiger partial charge is 0.0898 e. The Bertz CT molecular complexity index is 153. The molecule has 0 aliphatic heterocycles. The fraction of sp³-hybridized carbons (Fsp3) is 0.800. The lowest BCUT2D eigenvalue weighted by atomic mass is 10.2. The first kappa shape index (κ1) is 12.4. The van der Waals surface area contributed by atoms with E-state index >= 15 is 0 Å². The highest BCUT2D eigenvalue weighted by Gasteiger charge is 2.06. The number of rotatable bonds is 7. The van der Waals surface area contributed by atoms with E-state index in [1.807, 2.05) is 13.8 Å². The van der Waals surface area contributed by atoms with Crippen molar-refractivity contribution in [1.29, 1.82) is 0 Å². The van der Waals surface area contributed by atoms with Gasteiger partial charge >= 0.3 is 0 Å². The third kappa shape index (κ3) is 6.59. The number of nitrogens with one attached hydrogen (secondary N) is 1. The zero-order valence-corrected chi connectivity index (χ0v) is 8.42. The molecule has 0 aromatic rings. The van der Waals surface area contributed by atoms with Gasteiger partial charge in [0.2, 0.25) is 0 Å². The molecule has 0 rings (SSSR count). The van der Waals surface area contributed by atoms with Gasteiger partial charge in [0.05, 0.1) is 18.8 Å². The maximum atomic E-state index is 9.36. The maximum Gasteiger partial charge on any atom is 0.0898 e. The van der Waals surface area contributed by atoms with Crippen molar-refractivity contribution >= 4 is 0 Å². The summed E-state index contributed by atoms with van der Waals surface area (Å²) in [5.74, 6) is 2.60. The third-order valence-corrected chi connectivity index (χ3v) is 1.72. The molecule has 2 unspecified atom stereocenters. The summed E-state index contributed by atoms with van der Waals surface area (Å²) in [4.78, 5) is 0. The lowest BCUT2D eigenvalue weighted by molar-refractivity contribution is 0.0421. The van der Waals surface area contributed by atoms with Crippen molar-refractivity contribution in [2.45, 2.75) is 32.4 Å². The lowest BCUT2D eigenvalue weighted by Gasteiger charge is -2.14. The Kier molecular flexibility index (Phi) is 7.71. The predicted octanol–water partition coefficient (Wildman–Crippen LogP) is 0.385. The molecule has 0 radical (unpaired) electrons. The van der Waals surface area contributed by atoms with E-state index in [-0.39, 0.29) is 6.04 Å². The van der Waals surface area contributed by atoms with Crippen LogP contribution in [0.2, 0.25) is 0 Å². The first-order valence-electron chi connectivity index (χ1n) is 4.69. The molecule has 3 heteroatoms. The van der Waals surface area contributed by atoms with Gasteiger partial charge in [0, 0.05) is 13.2 Å². The van der Waals surface area contributed by atoms with E-state index in [1.165, 1.54) is 0 Å². The average molecular weight is 185 g/mol. The molecule has 0 amide bonds. The van der Waals surface area contributed by atoms with Crippen molar-refractivity contribution in [2.24, 2.45) is 0 Å². The Morgan fingerprint density at radius 2 is 2.23 bits per heavy atom. The minimum absolute atomic E-state index is 0.0521. The standard InChI is InChI=1S/C10H19NO2/c1-4-9(5-2)11-7-10(12)8-13-6-3/h1,9-12H,5-8H2,2-3H3. The van der Waals surface area contributed by atoms with E-state index in [0.29, 0.717) is 19.8 Å². The zero-order chi connectivity index (χ0) is 10.1. The van der Waals surface area contributed by atoms with Crippen molar-refractivity contribution < 1.29 is 9.84 Å². The summed E-state index contributed by atoms with van der Waals surface area (Å²) in [7, 11) is 0. The van der Waals surface area contributed by atoms with Crippen LogP contribution in [-0.2, 0) is 4.74 Å². The average Bonchev–Trinajstić information content (AvgIpc) is 2.16. The van der Waals surface area contributed by atoms with Crippen LogP contribution in [0.25, 0.3) is 0 Å². The molecular formula is C10H19NO2. The van der Waals surface area contributed by atoms with Crippen molar-refractivity contribution in [3.8, 4) is 12.3 Å². The summed E-state index contributed by atoms with van der Waals surface area (Å²) in [5.41, 5.74) is 0. The summed E-state index contributed by atoms with van der Waals surface area (Å²) in [5, 5.41) is 12.4. The van der Waals surface area contributed by atoms with Crippen LogP contribution in [0.4, 0.5) is 0 Å². The number of terminal acetylenes is 1. The van der Waals surface area contributed by atoms with Crippen LogP contribution in [0.1, 0.15) is 20.3 Å². The molecule has 0 fully saturated rings. The van der Waals surface area contributed by atoms with E-state index in [4.69, 9.17) is 11.2 Å². The number of hydrogen-bond donors (Lipinski definition) is 2. The van der Waals surface area contributed by atoms with E-state index in [2.05, 4.69) is 11.2 Å². The van der Waals surface area contributed by atoms with Crippen LogP contribution < -0.4 is 5.32 Å². The quantitative estimate of drug-likeness (QED) is 0.564. The zero-order valence-electron chi connectivity index (χ0n) is 8.42. The molecule has 2 N–H and O–H groups in total. The summed E-state index contributed by atoms with van der Waals surface area (Å²) in [6.45, 7) is 5.39. The first-order chi connectivity index (χ1) is 6.24. The van der Waals surface area contributed by atoms with Crippen LogP contribution in [0, 0.1) is 12.3 Å². The van der Waals surface area contributed by atoms with Crippen LogP contribution in [0.15, 0.2) is 0 Å². The molecule has 0 aromatic carbocycles. The highest BCUT2D eigenvalue weighted by molar-refractivity contribution is 4.97. The van der Waals surface area contributed by atoms with Crippen molar-refractivity contribution in [2.75, 3.05) is 19.8 Å². The Morgan fingerprint density at radius 1 is 1.54 bits per heavy atom. The van der Waals surface area contributed by atoms with Gasteiger partial charge < -0.3 is 15.2 Å². The van der Waals surface area contributed by atoms with Crippen LogP contribution in [0.3, 0.4) is 0 Å². The van der Waals surface area contributed by atoms with Gasteiger partial charge in [-0.3, -0.25) is 0 Å². The molecule has 0 aliphatic carbocycles. The molecule has 0 aromatic heterocycles. The van der Waals surface area contributed by atoms with E-state index < -0.39 is 6.10 Å². The number of aliphatic hydroxyl groups is 1. The first-order valence-corrected chi connectivity index (χ1v) is 4.69. The fourth-order valence-corrected chi connectivity index (χ4v) is 0.912. The van der Waals surface area contributed by atoms with Crippen LogP contribution in [0.5, 0.6) is 0 Å². The summed E-state index contributed by atoms with van der Waals surface area (Å²) in [6.07, 6.45) is 5.65. The second-order valence-electron chi connectivity index (χ2n) is 2.85. The van der Waals surface area contributed by atoms with Gasteiger partial charge in [-0.05, 0) is 13.3 Å². The normalized spacial score (nSPS) is 14.9. The Labute approximate surface area is 80.5 Å². The summed E-state index contributed by atoms with van der Waals surface area (Å²) in [6, 6.07) is 0.0521. The maximum absolute atomic E-state index is 9.36. The van der Waals surface area contributed by atoms with Gasteiger partial charge in [-0.25, -0.2) is 0 Å². The van der Waals surface area contributed by atoms with E-state index in [1.54, 1.807) is 0 Å². The summed E-state index contributed by atoms with van der Waals surface area (Å²) < 4.78 is 5.05. The van der Waals surface area contributed by atoms with Gasteiger partial charge in [-0.2, -0.15) is 0 Å².